The highest BCUT2D eigenvalue weighted by molar-refractivity contribution is 6.09. The van der Waals surface area contributed by atoms with Gasteiger partial charge in [0.1, 0.15) is 11.8 Å². The van der Waals surface area contributed by atoms with Crippen molar-refractivity contribution in [3.05, 3.63) is 59.7 Å². The maximum atomic E-state index is 12.6. The van der Waals surface area contributed by atoms with Crippen molar-refractivity contribution < 1.29 is 19.4 Å². The second kappa shape index (κ2) is 6.14. The van der Waals surface area contributed by atoms with Gasteiger partial charge in [-0.05, 0) is 18.2 Å². The van der Waals surface area contributed by atoms with Crippen LogP contribution in [0.25, 0.3) is 0 Å². The van der Waals surface area contributed by atoms with Gasteiger partial charge in [-0.15, -0.1) is 0 Å². The molecule has 6 heteroatoms. The summed E-state index contributed by atoms with van der Waals surface area (Å²) in [4.78, 5) is 24.8. The van der Waals surface area contributed by atoms with Crippen LogP contribution < -0.4 is 10.1 Å². The largest absolute Gasteiger partial charge is 0.478 e. The quantitative estimate of drug-likeness (QED) is 0.820. The fraction of sp³-hybridized carbons (Fsp3) is 0.167. The average Bonchev–Trinajstić information content (AvgIpc) is 2.84. The lowest BCUT2D eigenvalue weighted by Gasteiger charge is -2.20. The number of fused-ring (bicyclic) bond motifs is 1. The Morgan fingerprint density at radius 3 is 2.71 bits per heavy atom. The van der Waals surface area contributed by atoms with Crippen LogP contribution in [0.15, 0.2) is 48.5 Å². The molecule has 3 rings (SSSR count). The number of nitrogens with one attached hydrogen (secondary N) is 1. The number of aliphatic hydroxyl groups is 1. The van der Waals surface area contributed by atoms with Crippen molar-refractivity contribution >= 4 is 17.4 Å². The van der Waals surface area contributed by atoms with E-state index in [9.17, 15) is 14.7 Å². The van der Waals surface area contributed by atoms with E-state index >= 15 is 0 Å². The lowest BCUT2D eigenvalue weighted by Crippen LogP contribution is -2.36. The zero-order chi connectivity index (χ0) is 17.2. The summed E-state index contributed by atoms with van der Waals surface area (Å²) < 4.78 is 5.24. The molecular formula is C18H14N2O4. The Hall–Kier alpha value is -3.17. The Kier molecular flexibility index (Phi) is 4.02. The van der Waals surface area contributed by atoms with Crippen molar-refractivity contribution in [3.63, 3.8) is 0 Å². The average molecular weight is 322 g/mol. The van der Waals surface area contributed by atoms with Gasteiger partial charge in [0.15, 0.2) is 18.0 Å². The van der Waals surface area contributed by atoms with Crippen molar-refractivity contribution in [2.75, 3.05) is 11.9 Å². The van der Waals surface area contributed by atoms with Crippen molar-refractivity contribution in [2.45, 2.75) is 12.0 Å². The van der Waals surface area contributed by atoms with E-state index in [-0.39, 0.29) is 17.9 Å². The van der Waals surface area contributed by atoms with Crippen LogP contribution in [-0.4, -0.2) is 23.4 Å². The third-order valence-corrected chi connectivity index (χ3v) is 3.89. The lowest BCUT2D eigenvalue weighted by atomic mass is 9.88. The predicted octanol–water partition coefficient (Wildman–Crippen LogP) is 2.00. The first-order chi connectivity index (χ1) is 11.6. The molecule has 0 spiro atoms. The van der Waals surface area contributed by atoms with E-state index in [1.54, 1.807) is 42.5 Å². The number of rotatable bonds is 5. The molecule has 120 valence electrons. The number of carbonyl (C=O) groups excluding carboxylic acids is 2. The zero-order valence-electron chi connectivity index (χ0n) is 12.7. The summed E-state index contributed by atoms with van der Waals surface area (Å²) in [5, 5.41) is 22.0. The van der Waals surface area contributed by atoms with Crippen LogP contribution in [0.1, 0.15) is 22.3 Å². The Balaban J connectivity index is 1.91. The summed E-state index contributed by atoms with van der Waals surface area (Å²) in [6.07, 6.45) is -0.414. The summed E-state index contributed by atoms with van der Waals surface area (Å²) >= 11 is 0. The van der Waals surface area contributed by atoms with E-state index < -0.39 is 23.7 Å². The SMILES string of the molecule is N#CCOc1ccccc1C(=O)C[C@]1(O)C(=O)Nc2ccccc21. The van der Waals surface area contributed by atoms with Gasteiger partial charge in [0.05, 0.1) is 12.0 Å². The van der Waals surface area contributed by atoms with E-state index in [1.165, 1.54) is 6.07 Å². The van der Waals surface area contributed by atoms with E-state index in [0.29, 0.717) is 11.3 Å². The van der Waals surface area contributed by atoms with E-state index in [1.807, 2.05) is 6.07 Å². The molecule has 0 saturated heterocycles. The summed E-state index contributed by atoms with van der Waals surface area (Å²) in [5.74, 6) is -0.829. The number of ether oxygens (including phenoxy) is 1. The topological polar surface area (TPSA) is 99.4 Å². The highest BCUT2D eigenvalue weighted by Crippen LogP contribution is 2.39. The maximum absolute atomic E-state index is 12.6. The number of anilines is 1. The van der Waals surface area contributed by atoms with Gasteiger partial charge >= 0.3 is 0 Å². The van der Waals surface area contributed by atoms with Gasteiger partial charge in [-0.2, -0.15) is 5.26 Å². The molecule has 1 atom stereocenters. The molecule has 24 heavy (non-hydrogen) atoms. The van der Waals surface area contributed by atoms with Crippen molar-refractivity contribution in [2.24, 2.45) is 0 Å². The predicted molar refractivity (Wildman–Crippen MR) is 85.5 cm³/mol. The summed E-state index contributed by atoms with van der Waals surface area (Å²) in [6.45, 7) is -0.197. The van der Waals surface area contributed by atoms with Crippen LogP contribution in [0.4, 0.5) is 5.69 Å². The van der Waals surface area contributed by atoms with Crippen LogP contribution in [0.2, 0.25) is 0 Å². The van der Waals surface area contributed by atoms with Crippen molar-refractivity contribution in [1.82, 2.24) is 0 Å². The zero-order valence-corrected chi connectivity index (χ0v) is 12.7. The first kappa shape index (κ1) is 15.7. The van der Waals surface area contributed by atoms with E-state index in [4.69, 9.17) is 10.00 Å². The number of hydrogen-bond acceptors (Lipinski definition) is 5. The number of amides is 1. The second-order valence-electron chi connectivity index (χ2n) is 5.40. The first-order valence-corrected chi connectivity index (χ1v) is 7.31. The number of hydrogen-bond donors (Lipinski definition) is 2. The Morgan fingerprint density at radius 1 is 1.21 bits per heavy atom. The molecule has 0 aliphatic carbocycles. The second-order valence-corrected chi connectivity index (χ2v) is 5.40. The summed E-state index contributed by atoms with van der Waals surface area (Å²) in [5.41, 5.74) is -0.834. The molecule has 2 N–H and O–H groups in total. The third-order valence-electron chi connectivity index (χ3n) is 3.89. The van der Waals surface area contributed by atoms with Crippen LogP contribution in [0.3, 0.4) is 0 Å². The minimum atomic E-state index is -1.92. The molecule has 6 nitrogen and oxygen atoms in total. The molecule has 0 bridgehead atoms. The molecule has 0 aromatic heterocycles. The smallest absolute Gasteiger partial charge is 0.261 e. The van der Waals surface area contributed by atoms with Gasteiger partial charge in [-0.3, -0.25) is 9.59 Å². The summed E-state index contributed by atoms with van der Waals surface area (Å²) in [6, 6.07) is 15.0. The fourth-order valence-electron chi connectivity index (χ4n) is 2.74. The van der Waals surface area contributed by atoms with Crippen LogP contribution in [0, 0.1) is 11.3 Å². The molecular weight excluding hydrogens is 308 g/mol. The van der Waals surface area contributed by atoms with Gasteiger partial charge in [0.2, 0.25) is 0 Å². The number of ketones is 1. The monoisotopic (exact) mass is 322 g/mol. The van der Waals surface area contributed by atoms with Crippen LogP contribution in [0.5, 0.6) is 5.75 Å². The Bertz CT molecular complexity index is 856. The molecule has 1 heterocycles. The van der Waals surface area contributed by atoms with Gasteiger partial charge in [0, 0.05) is 11.3 Å². The van der Waals surface area contributed by atoms with Gasteiger partial charge in [-0.1, -0.05) is 30.3 Å². The Morgan fingerprint density at radius 2 is 1.92 bits per heavy atom. The maximum Gasteiger partial charge on any atom is 0.261 e. The molecule has 1 aliphatic heterocycles. The number of benzene rings is 2. The minimum Gasteiger partial charge on any atom is -0.478 e. The van der Waals surface area contributed by atoms with Gasteiger partial charge in [0.25, 0.3) is 5.91 Å². The fourth-order valence-corrected chi connectivity index (χ4v) is 2.74. The molecule has 0 fully saturated rings. The van der Waals surface area contributed by atoms with Crippen molar-refractivity contribution in [1.29, 1.82) is 5.26 Å². The number of para-hydroxylation sites is 2. The molecule has 2 aromatic carbocycles. The van der Waals surface area contributed by atoms with Crippen LogP contribution >= 0.6 is 0 Å². The standard InChI is InChI=1S/C18H14N2O4/c19-9-10-24-16-8-4-1-5-12(16)15(21)11-18(23)13-6-2-3-7-14(13)20-17(18)22/h1-8,23H,10-11H2,(H,20,22)/t18-/m1/s1. The molecule has 2 aromatic rings. The molecule has 0 unspecified atom stereocenters. The molecule has 1 amide bonds. The molecule has 0 radical (unpaired) electrons. The van der Waals surface area contributed by atoms with E-state index in [0.717, 1.165) is 0 Å². The Labute approximate surface area is 138 Å². The van der Waals surface area contributed by atoms with Gasteiger partial charge < -0.3 is 15.2 Å². The molecule has 1 aliphatic rings. The highest BCUT2D eigenvalue weighted by atomic mass is 16.5. The van der Waals surface area contributed by atoms with Crippen molar-refractivity contribution in [3.8, 4) is 11.8 Å². The number of nitrogens with zero attached hydrogens (tertiary/aromatic N) is 1. The number of carbonyl (C=O) groups is 2. The molecule has 0 saturated carbocycles. The van der Waals surface area contributed by atoms with Gasteiger partial charge in [-0.25, -0.2) is 0 Å². The number of nitriles is 1. The lowest BCUT2D eigenvalue weighted by molar-refractivity contribution is -0.133. The number of Topliss-reactive ketones (excluding diaryl/α,β-unsaturated/α-hetero) is 1. The minimum absolute atomic E-state index is 0.197. The van der Waals surface area contributed by atoms with E-state index in [2.05, 4.69) is 5.32 Å². The normalized spacial score (nSPS) is 18.4. The first-order valence-electron chi connectivity index (χ1n) is 7.31. The highest BCUT2D eigenvalue weighted by Gasteiger charge is 2.46. The van der Waals surface area contributed by atoms with Crippen LogP contribution in [-0.2, 0) is 10.4 Å². The summed E-state index contributed by atoms with van der Waals surface area (Å²) in [7, 11) is 0. The third kappa shape index (κ3) is 2.62.